The highest BCUT2D eigenvalue weighted by Gasteiger charge is 2.32. The lowest BCUT2D eigenvalue weighted by molar-refractivity contribution is 0.744. The fraction of sp³-hybridized carbons (Fsp3) is 0.417. The molecule has 0 spiro atoms. The van der Waals surface area contributed by atoms with Crippen molar-refractivity contribution in [3.63, 3.8) is 0 Å². The van der Waals surface area contributed by atoms with E-state index in [-0.39, 0.29) is 0 Å². The number of halogens is 1. The number of aromatic nitrogens is 4. The Morgan fingerprint density at radius 2 is 2.06 bits per heavy atom. The molecule has 94 valence electrons. The number of nitrogens with zero attached hydrogens (tertiary/aromatic N) is 5. The van der Waals surface area contributed by atoms with Crippen LogP contribution in [0.25, 0.3) is 5.69 Å². The van der Waals surface area contributed by atoms with E-state index in [1.165, 1.54) is 12.8 Å². The third kappa shape index (κ3) is 2.18. The largest absolute Gasteiger partial charge is 0.335 e. The number of anilines is 1. The lowest BCUT2D eigenvalue weighted by atomic mass is 10.3. The van der Waals surface area contributed by atoms with E-state index in [1.54, 1.807) is 4.68 Å². The Labute approximate surface area is 110 Å². The van der Waals surface area contributed by atoms with E-state index in [0.29, 0.717) is 11.9 Å². The highest BCUT2D eigenvalue weighted by molar-refractivity contribution is 6.18. The summed E-state index contributed by atoms with van der Waals surface area (Å²) >= 11 is 5.86. The molecule has 0 radical (unpaired) electrons. The average Bonchev–Trinajstić information content (AvgIpc) is 3.14. The SMILES string of the molecule is ClCCN(c1nnnn1-c1ccccc1)C1CC1. The minimum absolute atomic E-state index is 0.539. The van der Waals surface area contributed by atoms with E-state index < -0.39 is 0 Å². The van der Waals surface area contributed by atoms with E-state index >= 15 is 0 Å². The van der Waals surface area contributed by atoms with Crippen molar-refractivity contribution >= 4 is 17.5 Å². The maximum Gasteiger partial charge on any atom is 0.250 e. The molecule has 1 saturated carbocycles. The Morgan fingerprint density at radius 3 is 2.72 bits per heavy atom. The number of tetrazole rings is 1. The zero-order valence-electron chi connectivity index (χ0n) is 9.91. The topological polar surface area (TPSA) is 46.8 Å². The summed E-state index contributed by atoms with van der Waals surface area (Å²) in [6.45, 7) is 0.777. The highest BCUT2D eigenvalue weighted by Crippen LogP contribution is 2.30. The average molecular weight is 264 g/mol. The first-order valence-corrected chi connectivity index (χ1v) is 6.60. The molecule has 0 saturated heterocycles. The van der Waals surface area contributed by atoms with Crippen molar-refractivity contribution in [1.29, 1.82) is 0 Å². The Kier molecular flexibility index (Phi) is 3.15. The molecule has 0 atom stereocenters. The quantitative estimate of drug-likeness (QED) is 0.773. The van der Waals surface area contributed by atoms with E-state index in [0.717, 1.165) is 18.2 Å². The van der Waals surface area contributed by atoms with Crippen LogP contribution in [0.4, 0.5) is 5.95 Å². The van der Waals surface area contributed by atoms with Gasteiger partial charge in [-0.2, -0.15) is 4.68 Å². The minimum atomic E-state index is 0.539. The van der Waals surface area contributed by atoms with E-state index in [2.05, 4.69) is 20.4 Å². The maximum atomic E-state index is 5.86. The summed E-state index contributed by atoms with van der Waals surface area (Å²) in [6.07, 6.45) is 2.39. The number of alkyl halides is 1. The van der Waals surface area contributed by atoms with Crippen LogP contribution in [0, 0.1) is 0 Å². The maximum absolute atomic E-state index is 5.86. The van der Waals surface area contributed by atoms with Gasteiger partial charge in [-0.05, 0) is 35.4 Å². The van der Waals surface area contributed by atoms with Gasteiger partial charge in [0.25, 0.3) is 5.95 Å². The summed E-state index contributed by atoms with van der Waals surface area (Å²) in [6, 6.07) is 10.5. The van der Waals surface area contributed by atoms with Crippen molar-refractivity contribution in [3.05, 3.63) is 30.3 Å². The third-order valence-electron chi connectivity index (χ3n) is 3.02. The Bertz CT molecular complexity index is 508. The van der Waals surface area contributed by atoms with Gasteiger partial charge in [0.15, 0.2) is 0 Å². The summed E-state index contributed by atoms with van der Waals surface area (Å²) in [5.74, 6) is 1.36. The van der Waals surface area contributed by atoms with Gasteiger partial charge in [0.1, 0.15) is 0 Å². The molecular formula is C12H14ClN5. The van der Waals surface area contributed by atoms with Gasteiger partial charge in [0.05, 0.1) is 5.69 Å². The minimum Gasteiger partial charge on any atom is -0.335 e. The van der Waals surface area contributed by atoms with E-state index in [1.807, 2.05) is 30.3 Å². The predicted octanol–water partition coefficient (Wildman–Crippen LogP) is 1.87. The first-order valence-electron chi connectivity index (χ1n) is 6.06. The smallest absolute Gasteiger partial charge is 0.250 e. The number of para-hydroxylation sites is 1. The first-order chi connectivity index (χ1) is 8.90. The Morgan fingerprint density at radius 1 is 1.28 bits per heavy atom. The standard InChI is InChI=1S/C12H14ClN5/c13-8-9-17(10-6-7-10)12-14-15-16-18(12)11-4-2-1-3-5-11/h1-5,10H,6-9H2. The fourth-order valence-corrected chi connectivity index (χ4v) is 2.20. The van der Waals surface area contributed by atoms with Gasteiger partial charge < -0.3 is 4.90 Å². The van der Waals surface area contributed by atoms with Crippen molar-refractivity contribution in [3.8, 4) is 5.69 Å². The molecule has 3 rings (SSSR count). The van der Waals surface area contributed by atoms with Crippen LogP contribution < -0.4 is 4.90 Å². The van der Waals surface area contributed by atoms with Gasteiger partial charge >= 0.3 is 0 Å². The second kappa shape index (κ2) is 4.94. The van der Waals surface area contributed by atoms with Crippen molar-refractivity contribution in [2.24, 2.45) is 0 Å². The van der Waals surface area contributed by atoms with E-state index in [4.69, 9.17) is 11.6 Å². The van der Waals surface area contributed by atoms with Crippen LogP contribution in [-0.2, 0) is 0 Å². The summed E-state index contributed by atoms with van der Waals surface area (Å²) in [5.41, 5.74) is 0.970. The molecule has 2 aromatic rings. The molecule has 1 aliphatic rings. The van der Waals surface area contributed by atoms with Crippen LogP contribution in [0.1, 0.15) is 12.8 Å². The second-order valence-electron chi connectivity index (χ2n) is 4.34. The molecule has 1 aliphatic carbocycles. The first kappa shape index (κ1) is 11.5. The second-order valence-corrected chi connectivity index (χ2v) is 4.72. The molecule has 0 N–H and O–H groups in total. The monoisotopic (exact) mass is 263 g/mol. The van der Waals surface area contributed by atoms with Crippen molar-refractivity contribution in [1.82, 2.24) is 20.2 Å². The van der Waals surface area contributed by atoms with Gasteiger partial charge in [-0.1, -0.05) is 23.3 Å². The van der Waals surface area contributed by atoms with Crippen molar-refractivity contribution in [2.45, 2.75) is 18.9 Å². The summed E-state index contributed by atoms with van der Waals surface area (Å²) in [5, 5.41) is 12.0. The van der Waals surface area contributed by atoms with Crippen LogP contribution in [-0.4, -0.2) is 38.7 Å². The molecule has 1 fully saturated rings. The molecule has 1 aromatic carbocycles. The molecule has 0 unspecified atom stereocenters. The van der Waals surface area contributed by atoms with Gasteiger partial charge in [-0.25, -0.2) is 0 Å². The molecule has 18 heavy (non-hydrogen) atoms. The van der Waals surface area contributed by atoms with Gasteiger partial charge in [0.2, 0.25) is 0 Å². The van der Waals surface area contributed by atoms with Crippen LogP contribution in [0.15, 0.2) is 30.3 Å². The molecule has 0 aliphatic heterocycles. The molecule has 0 amide bonds. The normalized spacial score (nSPS) is 14.7. The van der Waals surface area contributed by atoms with Crippen molar-refractivity contribution in [2.75, 3.05) is 17.3 Å². The van der Waals surface area contributed by atoms with Crippen LogP contribution in [0.2, 0.25) is 0 Å². The lowest BCUT2D eigenvalue weighted by Crippen LogP contribution is -2.30. The molecule has 1 aromatic heterocycles. The zero-order valence-corrected chi connectivity index (χ0v) is 10.7. The van der Waals surface area contributed by atoms with Gasteiger partial charge in [-0.15, -0.1) is 11.6 Å². The number of hydrogen-bond donors (Lipinski definition) is 0. The zero-order chi connectivity index (χ0) is 12.4. The van der Waals surface area contributed by atoms with Gasteiger partial charge in [-0.3, -0.25) is 0 Å². The lowest BCUT2D eigenvalue weighted by Gasteiger charge is -2.21. The Hall–Kier alpha value is -1.62. The van der Waals surface area contributed by atoms with Crippen LogP contribution in [0.5, 0.6) is 0 Å². The van der Waals surface area contributed by atoms with Gasteiger partial charge in [0, 0.05) is 18.5 Å². The molecule has 5 nitrogen and oxygen atoms in total. The molecular weight excluding hydrogens is 250 g/mol. The molecule has 0 bridgehead atoms. The predicted molar refractivity (Wildman–Crippen MR) is 70.2 cm³/mol. The summed E-state index contributed by atoms with van der Waals surface area (Å²) < 4.78 is 1.77. The number of rotatable bonds is 5. The Balaban J connectivity index is 1.95. The fourth-order valence-electron chi connectivity index (χ4n) is 2.02. The molecule has 1 heterocycles. The highest BCUT2D eigenvalue weighted by atomic mass is 35.5. The summed E-state index contributed by atoms with van der Waals surface area (Å²) in [4.78, 5) is 2.19. The third-order valence-corrected chi connectivity index (χ3v) is 3.19. The van der Waals surface area contributed by atoms with Crippen LogP contribution in [0.3, 0.4) is 0 Å². The van der Waals surface area contributed by atoms with E-state index in [9.17, 15) is 0 Å². The number of hydrogen-bond acceptors (Lipinski definition) is 4. The van der Waals surface area contributed by atoms with Crippen LogP contribution >= 0.6 is 11.6 Å². The number of benzene rings is 1. The van der Waals surface area contributed by atoms with Crippen molar-refractivity contribution < 1.29 is 0 Å². The molecule has 6 heteroatoms. The summed E-state index contributed by atoms with van der Waals surface area (Å²) in [7, 11) is 0.